The van der Waals surface area contributed by atoms with Crippen molar-refractivity contribution < 1.29 is 20.4 Å². The van der Waals surface area contributed by atoms with Crippen molar-refractivity contribution in [2.75, 3.05) is 0 Å². The van der Waals surface area contributed by atoms with Crippen molar-refractivity contribution in [3.8, 4) is 0 Å². The Morgan fingerprint density at radius 2 is 1.87 bits per heavy atom. The number of rotatable bonds is 6. The smallest absolute Gasteiger partial charge is 0.169 e. The van der Waals surface area contributed by atoms with E-state index in [1.54, 1.807) is 0 Å². The van der Waals surface area contributed by atoms with Gasteiger partial charge in [-0.1, -0.05) is 63.5 Å². The largest absolute Gasteiger partial charge is 0.393 e. The highest BCUT2D eigenvalue weighted by Gasteiger charge is 2.64. The van der Waals surface area contributed by atoms with Gasteiger partial charge >= 0.3 is 0 Å². The molecule has 3 aliphatic rings. The summed E-state index contributed by atoms with van der Waals surface area (Å²) in [5.41, 5.74) is 1.74. The molecule has 0 aliphatic heterocycles. The van der Waals surface area contributed by atoms with Crippen LogP contribution in [0.3, 0.4) is 0 Å². The minimum atomic E-state index is -1.78. The molecule has 0 saturated heterocycles. The molecule has 3 saturated carbocycles. The third-order valence-corrected chi connectivity index (χ3v) is 8.67. The predicted molar refractivity (Wildman–Crippen MR) is 125 cm³/mol. The molecule has 0 spiro atoms. The second kappa shape index (κ2) is 9.13. The summed E-state index contributed by atoms with van der Waals surface area (Å²) in [6.07, 6.45) is 11.5. The van der Waals surface area contributed by atoms with Crippen LogP contribution in [0.2, 0.25) is 0 Å². The minimum absolute atomic E-state index is 0.0384. The molecule has 0 aromatic heterocycles. The van der Waals surface area contributed by atoms with Gasteiger partial charge in [-0.05, 0) is 75.2 Å². The van der Waals surface area contributed by atoms with Gasteiger partial charge < -0.3 is 20.4 Å². The minimum Gasteiger partial charge on any atom is -0.393 e. The topological polar surface area (TPSA) is 80.9 Å². The zero-order valence-electron chi connectivity index (χ0n) is 20.0. The van der Waals surface area contributed by atoms with Gasteiger partial charge in [-0.25, -0.2) is 0 Å². The second-order valence-corrected chi connectivity index (χ2v) is 11.4. The van der Waals surface area contributed by atoms with Gasteiger partial charge in [0.2, 0.25) is 0 Å². The molecule has 176 valence electrons. The molecule has 0 bridgehead atoms. The first-order chi connectivity index (χ1) is 14.4. The van der Waals surface area contributed by atoms with Crippen LogP contribution in [0.5, 0.6) is 0 Å². The predicted octanol–water partition coefficient (Wildman–Crippen LogP) is 5.02. The lowest BCUT2D eigenvalue weighted by atomic mass is 9.56. The highest BCUT2D eigenvalue weighted by molar-refractivity contribution is 5.36. The molecule has 4 N–H and O–H groups in total. The van der Waals surface area contributed by atoms with E-state index < -0.39 is 16.8 Å². The number of hydrogen-bond donors (Lipinski definition) is 4. The van der Waals surface area contributed by atoms with Crippen LogP contribution in [0.15, 0.2) is 35.5 Å². The van der Waals surface area contributed by atoms with Gasteiger partial charge in [0.15, 0.2) is 5.79 Å². The van der Waals surface area contributed by atoms with Crippen LogP contribution in [-0.4, -0.2) is 37.9 Å². The summed E-state index contributed by atoms with van der Waals surface area (Å²) in [5, 5.41) is 43.7. The first-order valence-corrected chi connectivity index (χ1v) is 12.3. The van der Waals surface area contributed by atoms with Gasteiger partial charge in [0.05, 0.1) is 11.7 Å². The number of allylic oxidation sites excluding steroid dienone is 4. The number of fused-ring (bicyclic) bond motifs is 1. The quantitative estimate of drug-likeness (QED) is 0.444. The Balaban J connectivity index is 1.86. The molecule has 5 atom stereocenters. The van der Waals surface area contributed by atoms with Crippen molar-refractivity contribution in [3.63, 3.8) is 0 Å². The Hall–Kier alpha value is -0.940. The van der Waals surface area contributed by atoms with Crippen LogP contribution >= 0.6 is 0 Å². The van der Waals surface area contributed by atoms with E-state index in [4.69, 9.17) is 0 Å². The van der Waals surface area contributed by atoms with Crippen LogP contribution in [-0.2, 0) is 0 Å². The van der Waals surface area contributed by atoms with Gasteiger partial charge in [-0.3, -0.25) is 0 Å². The fourth-order valence-electron chi connectivity index (χ4n) is 6.66. The third-order valence-electron chi connectivity index (χ3n) is 8.67. The summed E-state index contributed by atoms with van der Waals surface area (Å²) in [6.45, 7) is 12.4. The summed E-state index contributed by atoms with van der Waals surface area (Å²) >= 11 is 0. The fourth-order valence-corrected chi connectivity index (χ4v) is 6.66. The summed E-state index contributed by atoms with van der Waals surface area (Å²) in [5.74, 6) is -1.30. The number of hydrogen-bond acceptors (Lipinski definition) is 4. The van der Waals surface area contributed by atoms with Crippen LogP contribution in [0.1, 0.15) is 91.9 Å². The summed E-state index contributed by atoms with van der Waals surface area (Å²) in [7, 11) is 0. The van der Waals surface area contributed by atoms with E-state index in [1.165, 1.54) is 5.57 Å². The Labute approximate surface area is 188 Å². The zero-order valence-corrected chi connectivity index (χ0v) is 20.0. The van der Waals surface area contributed by atoms with Crippen molar-refractivity contribution in [2.45, 2.75) is 109 Å². The molecule has 3 rings (SSSR count). The molecule has 3 fully saturated rings. The van der Waals surface area contributed by atoms with E-state index in [-0.39, 0.29) is 24.4 Å². The highest BCUT2D eigenvalue weighted by Crippen LogP contribution is 2.63. The fraction of sp³-hybridized carbons (Fsp3) is 0.778. The average molecular weight is 433 g/mol. The Morgan fingerprint density at radius 1 is 1.16 bits per heavy atom. The molecule has 31 heavy (non-hydrogen) atoms. The van der Waals surface area contributed by atoms with E-state index in [0.29, 0.717) is 25.2 Å². The molecule has 0 aromatic carbocycles. The Kier molecular flexibility index (Phi) is 7.27. The third kappa shape index (κ3) is 4.88. The molecule has 0 amide bonds. The lowest BCUT2D eigenvalue weighted by Gasteiger charge is -2.54. The van der Waals surface area contributed by atoms with Crippen molar-refractivity contribution in [3.05, 3.63) is 35.5 Å². The number of aliphatic hydroxyl groups excluding tert-OH is 1. The van der Waals surface area contributed by atoms with E-state index in [2.05, 4.69) is 32.6 Å². The summed E-state index contributed by atoms with van der Waals surface area (Å²) < 4.78 is 0. The Morgan fingerprint density at radius 3 is 2.55 bits per heavy atom. The molecule has 3 aliphatic carbocycles. The van der Waals surface area contributed by atoms with Crippen molar-refractivity contribution >= 4 is 0 Å². The number of aliphatic hydroxyl groups is 4. The molecule has 4 heteroatoms. The van der Waals surface area contributed by atoms with E-state index in [0.717, 1.165) is 49.7 Å². The molecule has 0 heterocycles. The monoisotopic (exact) mass is 432 g/mol. The maximum absolute atomic E-state index is 11.5. The second-order valence-electron chi connectivity index (χ2n) is 11.4. The normalized spacial score (nSPS) is 38.0. The van der Waals surface area contributed by atoms with E-state index in [1.807, 2.05) is 13.8 Å². The molecule has 0 unspecified atom stereocenters. The molecule has 4 nitrogen and oxygen atoms in total. The lowest BCUT2D eigenvalue weighted by molar-refractivity contribution is -0.285. The highest BCUT2D eigenvalue weighted by atomic mass is 16.5. The molecular formula is C27H44O4. The van der Waals surface area contributed by atoms with Crippen molar-refractivity contribution in [2.24, 2.45) is 23.2 Å². The van der Waals surface area contributed by atoms with Gasteiger partial charge in [0.25, 0.3) is 0 Å². The maximum Gasteiger partial charge on any atom is 0.169 e. The summed E-state index contributed by atoms with van der Waals surface area (Å²) in [6, 6.07) is 0. The van der Waals surface area contributed by atoms with Gasteiger partial charge in [0.1, 0.15) is 0 Å². The van der Waals surface area contributed by atoms with Crippen molar-refractivity contribution in [1.82, 2.24) is 0 Å². The lowest BCUT2D eigenvalue weighted by Crippen LogP contribution is -2.59. The van der Waals surface area contributed by atoms with Crippen LogP contribution in [0.25, 0.3) is 0 Å². The van der Waals surface area contributed by atoms with Gasteiger partial charge in [-0.2, -0.15) is 0 Å². The Bertz CT molecular complexity index is 730. The van der Waals surface area contributed by atoms with Gasteiger partial charge in [-0.15, -0.1) is 0 Å². The average Bonchev–Trinajstić information content (AvgIpc) is 3.04. The first kappa shape index (κ1) is 24.7. The van der Waals surface area contributed by atoms with Crippen molar-refractivity contribution in [1.29, 1.82) is 0 Å². The maximum atomic E-state index is 11.5. The van der Waals surface area contributed by atoms with Crippen LogP contribution in [0, 0.1) is 23.2 Å². The molecular weight excluding hydrogens is 388 g/mol. The molecule has 0 radical (unpaired) electrons. The van der Waals surface area contributed by atoms with Gasteiger partial charge in [0, 0.05) is 11.8 Å². The first-order valence-electron chi connectivity index (χ1n) is 12.3. The van der Waals surface area contributed by atoms with Crippen LogP contribution in [0.4, 0.5) is 0 Å². The van der Waals surface area contributed by atoms with E-state index >= 15 is 0 Å². The SMILES string of the molecule is C=C1CC[C@H](O)C/C1=C\C=C1/CCC(O)(O)[C@@]2(C)[C@H]([C@](C)(O)CCCC(C)C)CC[C@@H]12. The molecule has 0 aromatic rings. The zero-order chi connectivity index (χ0) is 23.0. The van der Waals surface area contributed by atoms with Crippen LogP contribution < -0.4 is 0 Å². The summed E-state index contributed by atoms with van der Waals surface area (Å²) in [4.78, 5) is 0. The van der Waals surface area contributed by atoms with E-state index in [9.17, 15) is 20.4 Å². The standard InChI is InChI=1S/C27H44O4/c1-18(2)7-6-15-25(4,29)24-13-12-23-20(14-16-27(30,31)26(23,24)5)9-10-21-17-22(28)11-8-19(21)3/h9-10,18,22-24,28-31H,3,6-8,11-17H2,1-2,4-5H3/b20-9+,21-10+/t22-,23-,24-,25+,26+/m0/s1.